The van der Waals surface area contributed by atoms with E-state index in [0.717, 1.165) is 10.4 Å². The number of hydrogen-bond acceptors (Lipinski definition) is 3. The van der Waals surface area contributed by atoms with E-state index in [0.29, 0.717) is 16.4 Å². The first kappa shape index (κ1) is 12.7. The number of benzene rings is 1. The molecule has 0 spiro atoms. The molecule has 18 heavy (non-hydrogen) atoms. The van der Waals surface area contributed by atoms with Gasteiger partial charge in [0.15, 0.2) is 0 Å². The van der Waals surface area contributed by atoms with E-state index in [2.05, 4.69) is 6.07 Å². The largest absolute Gasteiger partial charge is 0.496 e. The average Bonchev–Trinajstić information content (AvgIpc) is 2.93. The van der Waals surface area contributed by atoms with Crippen molar-refractivity contribution < 1.29 is 4.74 Å². The van der Waals surface area contributed by atoms with Gasteiger partial charge in [-0.15, -0.1) is 11.3 Å². The van der Waals surface area contributed by atoms with Crippen molar-refractivity contribution >= 4 is 33.5 Å². The topological polar surface area (TPSA) is 33.0 Å². The highest BCUT2D eigenvalue weighted by Gasteiger charge is 2.13. The molecule has 0 bridgehead atoms. The highest BCUT2D eigenvalue weighted by Crippen LogP contribution is 2.35. The Balaban J connectivity index is 2.58. The molecule has 0 atom stereocenters. The summed E-state index contributed by atoms with van der Waals surface area (Å²) < 4.78 is 5.25. The molecule has 0 saturated carbocycles. The minimum atomic E-state index is 0.414. The maximum atomic E-state index is 9.27. The van der Waals surface area contributed by atoms with E-state index in [1.54, 1.807) is 7.11 Å². The van der Waals surface area contributed by atoms with E-state index in [1.807, 2.05) is 41.8 Å². The molecule has 90 valence electrons. The Kier molecular flexibility index (Phi) is 4.03. The van der Waals surface area contributed by atoms with Crippen LogP contribution in [0.25, 0.3) is 10.6 Å². The lowest BCUT2D eigenvalue weighted by molar-refractivity contribution is 0.414. The first-order chi connectivity index (χ1) is 8.77. The predicted octanol–water partition coefficient (Wildman–Crippen LogP) is 4.39. The van der Waals surface area contributed by atoms with Crippen LogP contribution in [-0.4, -0.2) is 7.11 Å². The smallest absolute Gasteiger partial charge is 0.127 e. The minimum Gasteiger partial charge on any atom is -0.496 e. The van der Waals surface area contributed by atoms with Gasteiger partial charge in [-0.25, -0.2) is 0 Å². The number of allylic oxidation sites excluding steroid dienone is 1. The van der Waals surface area contributed by atoms with Gasteiger partial charge in [-0.1, -0.05) is 29.8 Å². The van der Waals surface area contributed by atoms with Crippen LogP contribution < -0.4 is 4.74 Å². The van der Waals surface area contributed by atoms with Crippen LogP contribution in [0.15, 0.2) is 41.8 Å². The van der Waals surface area contributed by atoms with Gasteiger partial charge in [0.1, 0.15) is 11.8 Å². The summed E-state index contributed by atoms with van der Waals surface area (Å²) in [6, 6.07) is 13.3. The lowest BCUT2D eigenvalue weighted by Gasteiger charge is -2.08. The molecule has 1 aromatic carbocycles. The van der Waals surface area contributed by atoms with Crippen molar-refractivity contribution in [2.24, 2.45) is 0 Å². The third kappa shape index (κ3) is 2.40. The second kappa shape index (κ2) is 5.72. The maximum absolute atomic E-state index is 9.27. The van der Waals surface area contributed by atoms with Crippen LogP contribution in [0, 0.1) is 11.3 Å². The van der Waals surface area contributed by atoms with Crippen molar-refractivity contribution in [1.29, 1.82) is 5.26 Å². The van der Waals surface area contributed by atoms with Gasteiger partial charge in [-0.2, -0.15) is 5.26 Å². The molecule has 2 rings (SSSR count). The molecule has 2 nitrogen and oxygen atoms in total. The molecule has 2 aromatic rings. The van der Waals surface area contributed by atoms with Gasteiger partial charge < -0.3 is 4.74 Å². The Hall–Kier alpha value is -1.76. The number of para-hydroxylation sites is 1. The zero-order valence-electron chi connectivity index (χ0n) is 9.68. The minimum absolute atomic E-state index is 0.414. The lowest BCUT2D eigenvalue weighted by Crippen LogP contribution is -1.90. The molecular weight excluding hydrogens is 266 g/mol. The fourth-order valence-corrected chi connectivity index (χ4v) is 2.68. The summed E-state index contributed by atoms with van der Waals surface area (Å²) in [4.78, 5) is 0.855. The first-order valence-electron chi connectivity index (χ1n) is 5.25. The fourth-order valence-electron chi connectivity index (χ4n) is 1.59. The molecule has 0 unspecified atom stereocenters. The van der Waals surface area contributed by atoms with E-state index in [1.165, 1.54) is 11.3 Å². The quantitative estimate of drug-likeness (QED) is 0.779. The van der Waals surface area contributed by atoms with Gasteiger partial charge in [-0.05, 0) is 23.6 Å². The third-order valence-corrected chi connectivity index (χ3v) is 3.72. The zero-order chi connectivity index (χ0) is 13.0. The molecule has 0 aliphatic rings. The molecular formula is C14H10ClNOS. The van der Waals surface area contributed by atoms with E-state index >= 15 is 0 Å². The molecule has 1 aromatic heterocycles. The second-order valence-corrected chi connectivity index (χ2v) is 4.80. The summed E-state index contributed by atoms with van der Waals surface area (Å²) in [5, 5.41) is 11.6. The van der Waals surface area contributed by atoms with Crippen LogP contribution in [0.5, 0.6) is 5.75 Å². The molecule has 1 heterocycles. The average molecular weight is 276 g/mol. The van der Waals surface area contributed by atoms with Crippen molar-refractivity contribution in [2.75, 3.05) is 7.11 Å². The number of thiophene rings is 1. The highest BCUT2D eigenvalue weighted by atomic mass is 35.5. The van der Waals surface area contributed by atoms with E-state index < -0.39 is 0 Å². The molecule has 4 heteroatoms. The summed E-state index contributed by atoms with van der Waals surface area (Å²) in [7, 11) is 1.58. The van der Waals surface area contributed by atoms with Crippen molar-refractivity contribution in [3.05, 3.63) is 52.2 Å². The Morgan fingerprint density at radius 1 is 1.28 bits per heavy atom. The Labute approximate surface area is 115 Å². The van der Waals surface area contributed by atoms with Crippen LogP contribution in [0.1, 0.15) is 10.4 Å². The summed E-state index contributed by atoms with van der Waals surface area (Å²) in [6.07, 6.45) is 0. The monoisotopic (exact) mass is 275 g/mol. The Bertz CT molecular complexity index is 611. The number of hydrogen-bond donors (Lipinski definition) is 0. The first-order valence-corrected chi connectivity index (χ1v) is 6.51. The summed E-state index contributed by atoms with van der Waals surface area (Å²) in [5.74, 6) is 0.659. The van der Waals surface area contributed by atoms with Crippen molar-refractivity contribution in [3.8, 4) is 11.8 Å². The molecule has 0 amide bonds. The molecule has 0 radical (unpaired) electrons. The maximum Gasteiger partial charge on any atom is 0.127 e. The Morgan fingerprint density at radius 2 is 2.06 bits per heavy atom. The highest BCUT2D eigenvalue weighted by molar-refractivity contribution is 7.11. The predicted molar refractivity (Wildman–Crippen MR) is 75.6 cm³/mol. The number of rotatable bonds is 3. The van der Waals surface area contributed by atoms with Crippen LogP contribution in [0.4, 0.5) is 0 Å². The third-order valence-electron chi connectivity index (χ3n) is 2.44. The van der Waals surface area contributed by atoms with Crippen molar-refractivity contribution in [3.63, 3.8) is 0 Å². The van der Waals surface area contributed by atoms with Gasteiger partial charge in [0, 0.05) is 10.4 Å². The van der Waals surface area contributed by atoms with E-state index in [9.17, 15) is 5.26 Å². The second-order valence-electron chi connectivity index (χ2n) is 3.48. The van der Waals surface area contributed by atoms with Crippen LogP contribution in [-0.2, 0) is 0 Å². The molecule has 0 N–H and O–H groups in total. The van der Waals surface area contributed by atoms with Gasteiger partial charge >= 0.3 is 0 Å². The van der Waals surface area contributed by atoms with Gasteiger partial charge in [0.2, 0.25) is 0 Å². The van der Waals surface area contributed by atoms with Crippen LogP contribution >= 0.6 is 22.9 Å². The van der Waals surface area contributed by atoms with Gasteiger partial charge in [0.05, 0.1) is 17.7 Å². The molecule has 0 fully saturated rings. The fraction of sp³-hybridized carbons (Fsp3) is 0.0714. The Morgan fingerprint density at radius 3 is 2.67 bits per heavy atom. The number of ether oxygens (including phenoxy) is 1. The number of halogens is 1. The zero-order valence-corrected chi connectivity index (χ0v) is 11.3. The van der Waals surface area contributed by atoms with E-state index in [4.69, 9.17) is 16.3 Å². The summed E-state index contributed by atoms with van der Waals surface area (Å²) in [6.45, 7) is 0. The number of methoxy groups -OCH3 is 1. The van der Waals surface area contributed by atoms with Crippen LogP contribution in [0.3, 0.4) is 0 Å². The lowest BCUT2D eigenvalue weighted by atomic mass is 10.1. The van der Waals surface area contributed by atoms with Gasteiger partial charge in [0.25, 0.3) is 0 Å². The molecule has 0 saturated heterocycles. The SMILES string of the molecule is COc1ccccc1/C(Cl)=C(\C#N)c1cccs1. The van der Waals surface area contributed by atoms with Crippen molar-refractivity contribution in [2.45, 2.75) is 0 Å². The normalized spacial score (nSPS) is 11.6. The van der Waals surface area contributed by atoms with E-state index in [-0.39, 0.29) is 0 Å². The molecule has 0 aliphatic carbocycles. The summed E-state index contributed by atoms with van der Waals surface area (Å²) >= 11 is 7.82. The number of nitriles is 1. The van der Waals surface area contributed by atoms with Crippen LogP contribution in [0.2, 0.25) is 0 Å². The van der Waals surface area contributed by atoms with Gasteiger partial charge in [-0.3, -0.25) is 0 Å². The standard InChI is InChI=1S/C14H10ClNOS/c1-17-12-6-3-2-5-10(12)14(15)11(9-16)13-7-4-8-18-13/h2-8H,1H3/b14-11-. The number of nitrogens with zero attached hydrogens (tertiary/aromatic N) is 1. The molecule has 0 aliphatic heterocycles. The van der Waals surface area contributed by atoms with Crippen molar-refractivity contribution in [1.82, 2.24) is 0 Å². The summed E-state index contributed by atoms with van der Waals surface area (Å²) in [5.41, 5.74) is 1.20.